The van der Waals surface area contributed by atoms with Crippen LogP contribution in [0.15, 0.2) is 24.3 Å². The van der Waals surface area contributed by atoms with Crippen molar-refractivity contribution in [2.75, 3.05) is 13.1 Å². The van der Waals surface area contributed by atoms with E-state index in [1.54, 1.807) is 4.31 Å². The fourth-order valence-corrected chi connectivity index (χ4v) is 4.35. The summed E-state index contributed by atoms with van der Waals surface area (Å²) in [6.07, 6.45) is 0.974. The Morgan fingerprint density at radius 1 is 1.25 bits per heavy atom. The van der Waals surface area contributed by atoms with Crippen LogP contribution in [0, 0.1) is 11.8 Å². The molecule has 0 saturated carbocycles. The van der Waals surface area contributed by atoms with Crippen LogP contribution in [0.5, 0.6) is 0 Å². The molecule has 0 aliphatic carbocycles. The Morgan fingerprint density at radius 3 is 2.35 bits per heavy atom. The molecule has 2 rings (SSSR count). The average Bonchev–Trinajstić information content (AvgIpc) is 2.90. The van der Waals surface area contributed by atoms with Gasteiger partial charge in [-0.3, -0.25) is 0 Å². The van der Waals surface area contributed by atoms with Gasteiger partial charge in [0.25, 0.3) is 0 Å². The molecule has 3 nitrogen and oxygen atoms in total. The van der Waals surface area contributed by atoms with E-state index in [9.17, 15) is 8.42 Å². The Labute approximate surface area is 127 Å². The Bertz CT molecular complexity index is 539. The van der Waals surface area contributed by atoms with Crippen LogP contribution in [0.25, 0.3) is 0 Å². The van der Waals surface area contributed by atoms with Crippen LogP contribution < -0.4 is 0 Å². The summed E-state index contributed by atoms with van der Waals surface area (Å²) in [6.45, 7) is 5.64. The molecular weight excluding hydrogens is 294 g/mol. The van der Waals surface area contributed by atoms with Gasteiger partial charge in [0.2, 0.25) is 10.0 Å². The molecule has 0 amide bonds. The molecule has 1 heterocycles. The highest BCUT2D eigenvalue weighted by atomic mass is 35.5. The zero-order valence-electron chi connectivity index (χ0n) is 12.0. The molecule has 0 bridgehead atoms. The van der Waals surface area contributed by atoms with Crippen molar-refractivity contribution < 1.29 is 8.42 Å². The van der Waals surface area contributed by atoms with Gasteiger partial charge in [0.15, 0.2) is 0 Å². The van der Waals surface area contributed by atoms with Gasteiger partial charge in [-0.1, -0.05) is 38.1 Å². The second-order valence-corrected chi connectivity index (χ2v) is 8.09. The maximum atomic E-state index is 12.4. The summed E-state index contributed by atoms with van der Waals surface area (Å²) >= 11 is 5.74. The van der Waals surface area contributed by atoms with Crippen LogP contribution in [-0.2, 0) is 21.7 Å². The summed E-state index contributed by atoms with van der Waals surface area (Å²) in [6, 6.07) is 7.48. The van der Waals surface area contributed by atoms with Gasteiger partial charge < -0.3 is 0 Å². The van der Waals surface area contributed by atoms with Gasteiger partial charge in [-0.2, -0.15) is 0 Å². The highest BCUT2D eigenvalue weighted by molar-refractivity contribution is 7.88. The van der Waals surface area contributed by atoms with Gasteiger partial charge in [-0.15, -0.1) is 11.6 Å². The van der Waals surface area contributed by atoms with Crippen molar-refractivity contribution in [2.45, 2.75) is 31.9 Å². The molecule has 0 aromatic heterocycles. The van der Waals surface area contributed by atoms with Gasteiger partial charge in [0.05, 0.1) is 5.75 Å². The van der Waals surface area contributed by atoms with Crippen LogP contribution in [0.3, 0.4) is 0 Å². The van der Waals surface area contributed by atoms with Crippen LogP contribution in [0.4, 0.5) is 0 Å². The number of sulfonamides is 1. The highest BCUT2D eigenvalue weighted by Gasteiger charge is 2.32. The second-order valence-electron chi connectivity index (χ2n) is 5.86. The predicted octanol–water partition coefficient (Wildman–Crippen LogP) is 3.23. The summed E-state index contributed by atoms with van der Waals surface area (Å²) in [5, 5.41) is 0. The van der Waals surface area contributed by atoms with Crippen LogP contribution in [-0.4, -0.2) is 25.8 Å². The van der Waals surface area contributed by atoms with Crippen molar-refractivity contribution in [1.29, 1.82) is 0 Å². The molecule has 1 fully saturated rings. The van der Waals surface area contributed by atoms with E-state index >= 15 is 0 Å². The molecular formula is C15H22ClNO2S. The third-order valence-electron chi connectivity index (χ3n) is 4.05. The number of hydrogen-bond donors (Lipinski definition) is 0. The topological polar surface area (TPSA) is 37.4 Å². The number of halogens is 1. The first-order valence-electron chi connectivity index (χ1n) is 7.04. The highest BCUT2D eigenvalue weighted by Crippen LogP contribution is 2.27. The Hall–Kier alpha value is -0.580. The van der Waals surface area contributed by atoms with Crippen molar-refractivity contribution in [3.8, 4) is 0 Å². The minimum atomic E-state index is -3.20. The minimum Gasteiger partial charge on any atom is -0.212 e. The molecule has 1 aliphatic rings. The lowest BCUT2D eigenvalue weighted by Crippen LogP contribution is -2.30. The molecule has 1 aliphatic heterocycles. The molecule has 1 aromatic carbocycles. The molecule has 1 atom stereocenters. The first-order valence-corrected chi connectivity index (χ1v) is 9.18. The van der Waals surface area contributed by atoms with E-state index in [2.05, 4.69) is 13.8 Å². The molecule has 0 N–H and O–H groups in total. The van der Waals surface area contributed by atoms with E-state index in [4.69, 9.17) is 11.6 Å². The number of alkyl halides is 1. The van der Waals surface area contributed by atoms with Crippen molar-refractivity contribution >= 4 is 21.6 Å². The van der Waals surface area contributed by atoms with E-state index in [1.807, 2.05) is 24.3 Å². The standard InChI is InChI=1S/C15H22ClNO2S/c1-12(2)15-7-8-17(10-15)20(18,19)11-14-5-3-13(9-16)4-6-14/h3-6,12,15H,7-11H2,1-2H3. The van der Waals surface area contributed by atoms with Crippen LogP contribution in [0.2, 0.25) is 0 Å². The van der Waals surface area contributed by atoms with Crippen molar-refractivity contribution in [3.63, 3.8) is 0 Å². The van der Waals surface area contributed by atoms with Crippen LogP contribution >= 0.6 is 11.6 Å². The summed E-state index contributed by atoms with van der Waals surface area (Å²) < 4.78 is 26.5. The zero-order valence-corrected chi connectivity index (χ0v) is 13.6. The van der Waals surface area contributed by atoms with E-state index in [0.29, 0.717) is 30.8 Å². The van der Waals surface area contributed by atoms with E-state index in [0.717, 1.165) is 17.5 Å². The van der Waals surface area contributed by atoms with Crippen LogP contribution in [0.1, 0.15) is 31.4 Å². The van der Waals surface area contributed by atoms with E-state index < -0.39 is 10.0 Å². The summed E-state index contributed by atoms with van der Waals surface area (Å²) in [5.74, 6) is 1.57. The third kappa shape index (κ3) is 3.74. The van der Waals surface area contributed by atoms with E-state index in [1.165, 1.54) is 0 Å². The van der Waals surface area contributed by atoms with Crippen molar-refractivity contribution in [1.82, 2.24) is 4.31 Å². The monoisotopic (exact) mass is 315 g/mol. The van der Waals surface area contributed by atoms with Gasteiger partial charge >= 0.3 is 0 Å². The second kappa shape index (κ2) is 6.46. The fraction of sp³-hybridized carbons (Fsp3) is 0.600. The van der Waals surface area contributed by atoms with Gasteiger partial charge in [-0.25, -0.2) is 12.7 Å². The largest absolute Gasteiger partial charge is 0.218 e. The van der Waals surface area contributed by atoms with Gasteiger partial charge in [0.1, 0.15) is 0 Å². The lowest BCUT2D eigenvalue weighted by molar-refractivity contribution is 0.388. The summed E-state index contributed by atoms with van der Waals surface area (Å²) in [7, 11) is -3.20. The van der Waals surface area contributed by atoms with Gasteiger partial charge in [-0.05, 0) is 29.4 Å². The number of rotatable bonds is 5. The third-order valence-corrected chi connectivity index (χ3v) is 6.18. The molecule has 0 spiro atoms. The quantitative estimate of drug-likeness (QED) is 0.782. The van der Waals surface area contributed by atoms with E-state index in [-0.39, 0.29) is 5.75 Å². The molecule has 5 heteroatoms. The Balaban J connectivity index is 2.04. The number of benzene rings is 1. The average molecular weight is 316 g/mol. The molecule has 0 radical (unpaired) electrons. The fourth-order valence-electron chi connectivity index (χ4n) is 2.58. The number of hydrogen-bond acceptors (Lipinski definition) is 2. The first kappa shape index (κ1) is 15.8. The number of nitrogens with zero attached hydrogens (tertiary/aromatic N) is 1. The maximum absolute atomic E-state index is 12.4. The molecule has 20 heavy (non-hydrogen) atoms. The summed E-state index contributed by atoms with van der Waals surface area (Å²) in [4.78, 5) is 0. The van der Waals surface area contributed by atoms with Gasteiger partial charge in [0, 0.05) is 19.0 Å². The first-order chi connectivity index (χ1) is 9.42. The molecule has 1 saturated heterocycles. The molecule has 1 aromatic rings. The summed E-state index contributed by atoms with van der Waals surface area (Å²) in [5.41, 5.74) is 1.83. The zero-order chi connectivity index (χ0) is 14.8. The predicted molar refractivity (Wildman–Crippen MR) is 83.1 cm³/mol. The lowest BCUT2D eigenvalue weighted by atomic mass is 9.96. The smallest absolute Gasteiger partial charge is 0.212 e. The molecule has 1 unspecified atom stereocenters. The Morgan fingerprint density at radius 2 is 1.85 bits per heavy atom. The lowest BCUT2D eigenvalue weighted by Gasteiger charge is -2.18. The van der Waals surface area contributed by atoms with Crippen molar-refractivity contribution in [3.05, 3.63) is 35.4 Å². The Kier molecular flexibility index (Phi) is 5.10. The molecule has 112 valence electrons. The maximum Gasteiger partial charge on any atom is 0.218 e. The normalized spacial score (nSPS) is 20.7. The van der Waals surface area contributed by atoms with Crippen molar-refractivity contribution in [2.24, 2.45) is 11.8 Å². The minimum absolute atomic E-state index is 0.0837. The SMILES string of the molecule is CC(C)C1CCN(S(=O)(=O)Cc2ccc(CCl)cc2)C1.